The Bertz CT molecular complexity index is 936. The molecule has 0 saturated heterocycles. The summed E-state index contributed by atoms with van der Waals surface area (Å²) in [5, 5.41) is 3.69. The van der Waals surface area contributed by atoms with Crippen LogP contribution in [0, 0.1) is 0 Å². The highest BCUT2D eigenvalue weighted by Crippen LogP contribution is 2.39. The molecule has 7 heteroatoms. The van der Waals surface area contributed by atoms with E-state index in [2.05, 4.69) is 25.2 Å². The second kappa shape index (κ2) is 6.27. The van der Waals surface area contributed by atoms with Gasteiger partial charge in [-0.2, -0.15) is 0 Å². The quantitative estimate of drug-likeness (QED) is 0.904. The number of aromatic amines is 1. The van der Waals surface area contributed by atoms with Crippen LogP contribution in [-0.4, -0.2) is 43.7 Å². The fourth-order valence-corrected chi connectivity index (χ4v) is 3.10. The van der Waals surface area contributed by atoms with Crippen molar-refractivity contribution < 1.29 is 4.79 Å². The van der Waals surface area contributed by atoms with Crippen LogP contribution in [0.1, 0.15) is 10.5 Å². The van der Waals surface area contributed by atoms with E-state index in [1.165, 1.54) is 0 Å². The first kappa shape index (κ1) is 15.2. The van der Waals surface area contributed by atoms with Crippen molar-refractivity contribution in [3.63, 3.8) is 0 Å². The molecule has 2 aromatic rings. The van der Waals surface area contributed by atoms with Crippen molar-refractivity contribution in [2.45, 2.75) is 0 Å². The molecular formula is C18H18N6O. The van der Waals surface area contributed by atoms with Gasteiger partial charge >= 0.3 is 0 Å². The molecule has 0 unspecified atom stereocenters. The lowest BCUT2D eigenvalue weighted by Gasteiger charge is -2.25. The lowest BCUT2D eigenvalue weighted by molar-refractivity contribution is 0.0959. The van der Waals surface area contributed by atoms with E-state index in [1.807, 2.05) is 47.7 Å². The van der Waals surface area contributed by atoms with E-state index in [4.69, 9.17) is 0 Å². The zero-order valence-electron chi connectivity index (χ0n) is 13.8. The van der Waals surface area contributed by atoms with Crippen LogP contribution in [0.4, 0.5) is 11.4 Å². The SMILES string of the molecule is CNC(=O)c1[nH]c2cccc(N3C=CC=NC3)c2c1N1C=CC=NC1. The summed E-state index contributed by atoms with van der Waals surface area (Å²) >= 11 is 0. The van der Waals surface area contributed by atoms with Crippen LogP contribution >= 0.6 is 0 Å². The van der Waals surface area contributed by atoms with Gasteiger partial charge in [0.05, 0.1) is 16.9 Å². The molecule has 126 valence electrons. The minimum absolute atomic E-state index is 0.160. The number of carbonyl (C=O) groups is 1. The molecule has 2 aliphatic heterocycles. The Balaban J connectivity index is 1.95. The van der Waals surface area contributed by atoms with Gasteiger partial charge in [-0.15, -0.1) is 0 Å². The summed E-state index contributed by atoms with van der Waals surface area (Å²) < 4.78 is 0. The molecule has 3 heterocycles. The zero-order valence-corrected chi connectivity index (χ0v) is 13.8. The lowest BCUT2D eigenvalue weighted by atomic mass is 10.1. The molecule has 0 atom stereocenters. The largest absolute Gasteiger partial charge is 0.354 e. The number of amides is 1. The minimum Gasteiger partial charge on any atom is -0.354 e. The molecule has 2 N–H and O–H groups in total. The molecule has 0 saturated carbocycles. The summed E-state index contributed by atoms with van der Waals surface area (Å²) in [5.41, 5.74) is 3.24. The normalized spacial score (nSPS) is 16.0. The van der Waals surface area contributed by atoms with Crippen LogP contribution in [0.5, 0.6) is 0 Å². The number of H-pyrrole nitrogens is 1. The average Bonchev–Trinajstić information content (AvgIpc) is 3.08. The molecule has 0 fully saturated rings. The summed E-state index contributed by atoms with van der Waals surface area (Å²) in [4.78, 5) is 28.4. The molecule has 4 rings (SSSR count). The number of nitrogens with zero attached hydrogens (tertiary/aromatic N) is 4. The Kier molecular flexibility index (Phi) is 3.81. The Morgan fingerprint density at radius 1 is 1.12 bits per heavy atom. The van der Waals surface area contributed by atoms with Gasteiger partial charge in [0.2, 0.25) is 0 Å². The van der Waals surface area contributed by atoms with Crippen LogP contribution in [-0.2, 0) is 0 Å². The van der Waals surface area contributed by atoms with Crippen LogP contribution in [0.2, 0.25) is 0 Å². The third-order valence-electron chi connectivity index (χ3n) is 4.21. The molecule has 1 aromatic heterocycles. The van der Waals surface area contributed by atoms with Gasteiger partial charge in [-0.1, -0.05) is 6.07 Å². The van der Waals surface area contributed by atoms with Gasteiger partial charge in [0.15, 0.2) is 0 Å². The molecule has 0 aliphatic carbocycles. The predicted molar refractivity (Wildman–Crippen MR) is 102 cm³/mol. The molecular weight excluding hydrogens is 316 g/mol. The van der Waals surface area contributed by atoms with E-state index < -0.39 is 0 Å². The molecule has 25 heavy (non-hydrogen) atoms. The van der Waals surface area contributed by atoms with Crippen molar-refractivity contribution in [2.24, 2.45) is 9.98 Å². The Labute approximate surface area is 145 Å². The Morgan fingerprint density at radius 3 is 2.48 bits per heavy atom. The van der Waals surface area contributed by atoms with Crippen molar-refractivity contribution in [2.75, 3.05) is 30.2 Å². The molecule has 1 amide bonds. The van der Waals surface area contributed by atoms with Gasteiger partial charge < -0.3 is 20.1 Å². The number of hydrogen-bond acceptors (Lipinski definition) is 5. The number of benzene rings is 1. The molecule has 0 spiro atoms. The molecule has 0 radical (unpaired) electrons. The van der Waals surface area contributed by atoms with Gasteiger partial charge in [-0.25, -0.2) is 0 Å². The molecule has 0 bridgehead atoms. The second-order valence-corrected chi connectivity index (χ2v) is 5.70. The van der Waals surface area contributed by atoms with Gasteiger partial charge in [-0.05, 0) is 24.3 Å². The molecule has 2 aliphatic rings. The molecule has 1 aromatic carbocycles. The van der Waals surface area contributed by atoms with Crippen molar-refractivity contribution >= 4 is 40.6 Å². The van der Waals surface area contributed by atoms with E-state index in [1.54, 1.807) is 19.5 Å². The van der Waals surface area contributed by atoms with Crippen molar-refractivity contribution in [3.05, 3.63) is 48.4 Å². The highest BCUT2D eigenvalue weighted by Gasteiger charge is 2.24. The van der Waals surface area contributed by atoms with Crippen LogP contribution in [0.3, 0.4) is 0 Å². The number of nitrogens with one attached hydrogen (secondary N) is 2. The monoisotopic (exact) mass is 334 g/mol. The highest BCUT2D eigenvalue weighted by molar-refractivity contribution is 6.13. The fourth-order valence-electron chi connectivity index (χ4n) is 3.10. The third kappa shape index (κ3) is 2.59. The van der Waals surface area contributed by atoms with E-state index in [0.29, 0.717) is 19.0 Å². The summed E-state index contributed by atoms with van der Waals surface area (Å²) in [6.07, 6.45) is 11.2. The van der Waals surface area contributed by atoms with Crippen molar-refractivity contribution in [1.29, 1.82) is 0 Å². The Morgan fingerprint density at radius 2 is 1.84 bits per heavy atom. The van der Waals surface area contributed by atoms with Crippen LogP contribution in [0.15, 0.2) is 52.7 Å². The second-order valence-electron chi connectivity index (χ2n) is 5.70. The topological polar surface area (TPSA) is 76.1 Å². The number of aromatic nitrogens is 1. The Hall–Kier alpha value is -3.35. The maximum absolute atomic E-state index is 12.5. The zero-order chi connectivity index (χ0) is 17.2. The maximum Gasteiger partial charge on any atom is 0.269 e. The average molecular weight is 334 g/mol. The van der Waals surface area contributed by atoms with E-state index in [0.717, 1.165) is 22.3 Å². The smallest absolute Gasteiger partial charge is 0.269 e. The number of rotatable bonds is 3. The van der Waals surface area contributed by atoms with Gasteiger partial charge in [0.25, 0.3) is 5.91 Å². The van der Waals surface area contributed by atoms with Gasteiger partial charge in [0.1, 0.15) is 19.0 Å². The van der Waals surface area contributed by atoms with Gasteiger partial charge in [0, 0.05) is 37.3 Å². The summed E-state index contributed by atoms with van der Waals surface area (Å²) in [5.74, 6) is -0.160. The number of anilines is 2. The van der Waals surface area contributed by atoms with Gasteiger partial charge in [-0.3, -0.25) is 14.8 Å². The first-order valence-electron chi connectivity index (χ1n) is 8.03. The van der Waals surface area contributed by atoms with E-state index in [9.17, 15) is 4.79 Å². The van der Waals surface area contributed by atoms with Crippen molar-refractivity contribution in [3.8, 4) is 0 Å². The fraction of sp³-hybridized carbons (Fsp3) is 0.167. The first-order chi connectivity index (χ1) is 12.3. The predicted octanol–water partition coefficient (Wildman–Crippen LogP) is 2.25. The number of fused-ring (bicyclic) bond motifs is 1. The lowest BCUT2D eigenvalue weighted by Crippen LogP contribution is -2.25. The number of carbonyl (C=O) groups excluding carboxylic acids is 1. The van der Waals surface area contributed by atoms with E-state index >= 15 is 0 Å². The number of allylic oxidation sites excluding steroid dienone is 2. The maximum atomic E-state index is 12.5. The summed E-state index contributed by atoms with van der Waals surface area (Å²) in [7, 11) is 1.63. The summed E-state index contributed by atoms with van der Waals surface area (Å²) in [6, 6.07) is 5.99. The van der Waals surface area contributed by atoms with Crippen LogP contribution in [0.25, 0.3) is 10.9 Å². The molecule has 7 nitrogen and oxygen atoms in total. The number of aliphatic imine (C=N–C) groups is 2. The third-order valence-corrected chi connectivity index (χ3v) is 4.21. The van der Waals surface area contributed by atoms with E-state index in [-0.39, 0.29) is 5.91 Å². The van der Waals surface area contributed by atoms with Crippen molar-refractivity contribution in [1.82, 2.24) is 10.3 Å². The first-order valence-corrected chi connectivity index (χ1v) is 8.03. The summed E-state index contributed by atoms with van der Waals surface area (Å²) in [6.45, 7) is 1.01. The standard InChI is InChI=1S/C18H18N6O/c1-19-18(25)16-17(24-10-4-8-21-12-24)15-13(22-16)5-2-6-14(15)23-9-3-7-20-11-23/h2-10,22H,11-12H2,1H3,(H,19,25). The van der Waals surface area contributed by atoms with Crippen LogP contribution < -0.4 is 15.1 Å². The number of hydrogen-bond donors (Lipinski definition) is 2. The highest BCUT2D eigenvalue weighted by atomic mass is 16.1. The minimum atomic E-state index is -0.160.